The van der Waals surface area contributed by atoms with Crippen LogP contribution in [-0.2, 0) is 9.53 Å². The zero-order chi connectivity index (χ0) is 9.35. The molecule has 0 unspecified atom stereocenters. The molecule has 1 aliphatic rings. The molecule has 1 fully saturated rings. The average molecular weight is 187 g/mol. The normalized spacial score (nSPS) is 21.0. The summed E-state index contributed by atoms with van der Waals surface area (Å²) in [6.07, 6.45) is -0.619. The van der Waals surface area contributed by atoms with Crippen LogP contribution in [0.1, 0.15) is 13.8 Å². The Labute approximate surface area is 75.5 Å². The van der Waals surface area contributed by atoms with E-state index < -0.39 is 11.7 Å². The molecule has 2 amide bonds. The average Bonchev–Trinajstić information content (AvgIpc) is 2.13. The van der Waals surface area contributed by atoms with Crippen LogP contribution in [-0.4, -0.2) is 34.4 Å². The van der Waals surface area contributed by atoms with Gasteiger partial charge in [0, 0.05) is 0 Å². The van der Waals surface area contributed by atoms with Crippen molar-refractivity contribution in [2.75, 3.05) is 6.54 Å². The molecule has 1 rings (SSSR count). The first-order valence-corrected chi connectivity index (χ1v) is 3.95. The first kappa shape index (κ1) is 9.12. The number of nitrogens with zero attached hydrogens (tertiary/aromatic N) is 1. The highest BCUT2D eigenvalue weighted by molar-refractivity contribution is 7.79. The molecule has 4 nitrogen and oxygen atoms in total. The van der Waals surface area contributed by atoms with Crippen LogP contribution in [0.15, 0.2) is 0 Å². The monoisotopic (exact) mass is 187 g/mol. The Kier molecular flexibility index (Phi) is 2.14. The summed E-state index contributed by atoms with van der Waals surface area (Å²) >= 11 is 4.54. The molecule has 66 valence electrons. The van der Waals surface area contributed by atoms with Crippen molar-refractivity contribution in [3.8, 4) is 0 Å². The highest BCUT2D eigenvalue weighted by Crippen LogP contribution is 2.22. The molecule has 12 heavy (non-hydrogen) atoms. The highest BCUT2D eigenvalue weighted by atomic mass is 32.1. The smallest absolute Gasteiger partial charge is 0.418 e. The Hall–Kier alpha value is -0.970. The summed E-state index contributed by atoms with van der Waals surface area (Å²) in [7, 11) is 0. The van der Waals surface area contributed by atoms with Crippen molar-refractivity contribution in [1.29, 1.82) is 0 Å². The number of cyclic esters (lactones) is 1. The number of rotatable bonds is 2. The van der Waals surface area contributed by atoms with Crippen LogP contribution in [0.4, 0.5) is 4.79 Å². The maximum atomic E-state index is 11.3. The van der Waals surface area contributed by atoms with E-state index in [2.05, 4.69) is 12.2 Å². The molecule has 0 atom stereocenters. The van der Waals surface area contributed by atoms with Gasteiger partial charge in [-0.25, -0.2) is 9.69 Å². The van der Waals surface area contributed by atoms with E-state index in [-0.39, 0.29) is 12.5 Å². The number of imide groups is 1. The van der Waals surface area contributed by atoms with Gasteiger partial charge in [-0.1, -0.05) is 12.2 Å². The Morgan fingerprint density at radius 1 is 1.58 bits per heavy atom. The predicted octanol–water partition coefficient (Wildman–Crippen LogP) is 0.744. The summed E-state index contributed by atoms with van der Waals surface area (Å²) in [4.78, 5) is 23.3. The lowest BCUT2D eigenvalue weighted by Gasteiger charge is -2.11. The van der Waals surface area contributed by atoms with Crippen molar-refractivity contribution in [2.24, 2.45) is 0 Å². The van der Waals surface area contributed by atoms with Crippen molar-refractivity contribution < 1.29 is 14.3 Å². The fourth-order valence-electron chi connectivity index (χ4n) is 0.957. The number of carbonyl (C=O) groups is 2. The standard InChI is InChI=1S/C7H9NO3S/c1-7(2)5(9)8(3-4-12)6(10)11-7/h4H,3H2,1-2H3. The van der Waals surface area contributed by atoms with Crippen LogP contribution < -0.4 is 0 Å². The molecule has 0 N–H and O–H groups in total. The minimum Gasteiger partial charge on any atom is -0.433 e. The molecule has 0 aromatic rings. The van der Waals surface area contributed by atoms with Gasteiger partial charge in [0.2, 0.25) is 0 Å². The van der Waals surface area contributed by atoms with Crippen LogP contribution >= 0.6 is 12.2 Å². The van der Waals surface area contributed by atoms with Gasteiger partial charge in [-0.15, -0.1) is 0 Å². The fourth-order valence-corrected chi connectivity index (χ4v) is 1.11. The third kappa shape index (κ3) is 1.32. The van der Waals surface area contributed by atoms with Crippen LogP contribution in [0, 0.1) is 0 Å². The molecule has 0 aromatic carbocycles. The molecule has 1 aliphatic heterocycles. The second-order valence-electron chi connectivity index (χ2n) is 2.96. The van der Waals surface area contributed by atoms with Gasteiger partial charge in [0.05, 0.1) is 6.54 Å². The largest absolute Gasteiger partial charge is 0.433 e. The summed E-state index contributed by atoms with van der Waals surface area (Å²) in [6.45, 7) is 3.24. The van der Waals surface area contributed by atoms with Gasteiger partial charge in [-0.3, -0.25) is 4.79 Å². The molecule has 0 aromatic heterocycles. The topological polar surface area (TPSA) is 46.6 Å². The lowest BCUT2D eigenvalue weighted by Crippen LogP contribution is -2.36. The molecule has 1 heterocycles. The minimum absolute atomic E-state index is 0.135. The number of carbonyl (C=O) groups excluding carboxylic acids is 2. The quantitative estimate of drug-likeness (QED) is 0.598. The molecular weight excluding hydrogens is 178 g/mol. The highest BCUT2D eigenvalue weighted by Gasteiger charge is 2.46. The number of amides is 2. The second-order valence-corrected chi connectivity index (χ2v) is 3.29. The summed E-state index contributed by atoms with van der Waals surface area (Å²) in [6, 6.07) is 0. The third-order valence-electron chi connectivity index (χ3n) is 1.58. The number of thiocarbonyl (C=S) groups is 1. The Morgan fingerprint density at radius 2 is 2.17 bits per heavy atom. The van der Waals surface area contributed by atoms with Gasteiger partial charge in [-0.2, -0.15) is 0 Å². The lowest BCUT2D eigenvalue weighted by molar-refractivity contribution is -0.134. The Balaban J connectivity index is 2.85. The van der Waals surface area contributed by atoms with Crippen molar-refractivity contribution in [3.63, 3.8) is 0 Å². The van der Waals surface area contributed by atoms with Crippen LogP contribution in [0.3, 0.4) is 0 Å². The Bertz CT molecular complexity index is 249. The number of hydrogen-bond acceptors (Lipinski definition) is 4. The molecule has 0 spiro atoms. The molecule has 0 aliphatic carbocycles. The summed E-state index contributed by atoms with van der Waals surface area (Å²) in [5.74, 6) is -0.339. The Morgan fingerprint density at radius 3 is 2.50 bits per heavy atom. The van der Waals surface area contributed by atoms with Crippen molar-refractivity contribution in [3.05, 3.63) is 0 Å². The van der Waals surface area contributed by atoms with Gasteiger partial charge in [0.1, 0.15) is 0 Å². The molecule has 0 bridgehead atoms. The SMILES string of the molecule is CC1(C)OC(=O)N(CC=S)C1=O. The van der Waals surface area contributed by atoms with Crippen molar-refractivity contribution in [1.82, 2.24) is 4.90 Å². The second kappa shape index (κ2) is 2.82. The van der Waals surface area contributed by atoms with Crippen LogP contribution in [0.25, 0.3) is 0 Å². The van der Waals surface area contributed by atoms with E-state index in [1.54, 1.807) is 13.8 Å². The maximum absolute atomic E-state index is 11.3. The number of ether oxygens (including phenoxy) is 1. The van der Waals surface area contributed by atoms with Gasteiger partial charge in [0.25, 0.3) is 5.91 Å². The van der Waals surface area contributed by atoms with E-state index in [0.717, 1.165) is 4.90 Å². The van der Waals surface area contributed by atoms with E-state index in [4.69, 9.17) is 4.74 Å². The lowest BCUT2D eigenvalue weighted by atomic mass is 10.1. The minimum atomic E-state index is -1.03. The third-order valence-corrected chi connectivity index (χ3v) is 1.73. The zero-order valence-electron chi connectivity index (χ0n) is 6.86. The summed E-state index contributed by atoms with van der Waals surface area (Å²) < 4.78 is 4.80. The van der Waals surface area contributed by atoms with Gasteiger partial charge in [-0.05, 0) is 19.2 Å². The molecular formula is C7H9NO3S. The maximum Gasteiger partial charge on any atom is 0.418 e. The van der Waals surface area contributed by atoms with Gasteiger partial charge in [0.15, 0.2) is 5.60 Å². The van der Waals surface area contributed by atoms with Gasteiger partial charge < -0.3 is 4.74 Å². The van der Waals surface area contributed by atoms with E-state index in [1.165, 1.54) is 5.37 Å². The summed E-state index contributed by atoms with van der Waals surface area (Å²) in [5.41, 5.74) is -1.03. The van der Waals surface area contributed by atoms with Crippen molar-refractivity contribution in [2.45, 2.75) is 19.4 Å². The molecule has 0 radical (unpaired) electrons. The van der Waals surface area contributed by atoms with E-state index in [9.17, 15) is 9.59 Å². The van der Waals surface area contributed by atoms with Crippen molar-refractivity contribution >= 4 is 29.6 Å². The van der Waals surface area contributed by atoms with E-state index in [0.29, 0.717) is 0 Å². The molecule has 0 saturated carbocycles. The van der Waals surface area contributed by atoms with Crippen LogP contribution in [0.5, 0.6) is 0 Å². The number of hydrogen-bond donors (Lipinski definition) is 0. The van der Waals surface area contributed by atoms with Gasteiger partial charge >= 0.3 is 6.09 Å². The molecule has 5 heteroatoms. The van der Waals surface area contributed by atoms with Crippen LogP contribution in [0.2, 0.25) is 0 Å². The predicted molar refractivity (Wildman–Crippen MR) is 45.9 cm³/mol. The first-order chi connectivity index (χ1) is 5.49. The molecule has 1 saturated heterocycles. The zero-order valence-corrected chi connectivity index (χ0v) is 7.68. The fraction of sp³-hybridized carbons (Fsp3) is 0.571. The van der Waals surface area contributed by atoms with E-state index >= 15 is 0 Å². The summed E-state index contributed by atoms with van der Waals surface area (Å²) in [5, 5.41) is 1.32. The van der Waals surface area contributed by atoms with E-state index in [1.807, 2.05) is 0 Å². The first-order valence-electron chi connectivity index (χ1n) is 3.47.